The summed E-state index contributed by atoms with van der Waals surface area (Å²) in [7, 11) is 6.18. The van der Waals surface area contributed by atoms with Gasteiger partial charge in [0.1, 0.15) is 23.3 Å². The van der Waals surface area contributed by atoms with E-state index in [4.69, 9.17) is 19.4 Å². The molecule has 66 heavy (non-hydrogen) atoms. The minimum absolute atomic E-state index is 0.265. The van der Waals surface area contributed by atoms with E-state index in [0.717, 1.165) is 0 Å². The van der Waals surface area contributed by atoms with Crippen molar-refractivity contribution in [2.45, 2.75) is 120 Å². The van der Waals surface area contributed by atoms with Gasteiger partial charge in [-0.2, -0.15) is 0 Å². The first-order valence-corrected chi connectivity index (χ1v) is 22.0. The number of aromatic nitrogens is 4. The number of fused-ring (bicyclic) bond motifs is 2. The predicted octanol–water partition coefficient (Wildman–Crippen LogP) is 10.5. The predicted molar refractivity (Wildman–Crippen MR) is 253 cm³/mol. The van der Waals surface area contributed by atoms with Crippen LogP contribution in [0.25, 0.3) is 44.3 Å². The average molecular weight is 915 g/mol. The van der Waals surface area contributed by atoms with Crippen LogP contribution in [0.15, 0.2) is 48.5 Å². The highest BCUT2D eigenvalue weighted by Gasteiger charge is 2.51. The van der Waals surface area contributed by atoms with Crippen LogP contribution in [-0.2, 0) is 19.1 Å². The van der Waals surface area contributed by atoms with Gasteiger partial charge in [-0.3, -0.25) is 9.59 Å². The Balaban J connectivity index is 1.45. The quantitative estimate of drug-likeness (QED) is 0.107. The van der Waals surface area contributed by atoms with Gasteiger partial charge in [-0.15, -0.1) is 0 Å². The lowest BCUT2D eigenvalue weighted by molar-refractivity contribution is -0.153. The molecule has 3 aromatic carbocycles. The maximum atomic E-state index is 15.9. The van der Waals surface area contributed by atoms with Gasteiger partial charge < -0.3 is 39.9 Å². The molecule has 0 aliphatic rings. The summed E-state index contributed by atoms with van der Waals surface area (Å²) >= 11 is 0. The van der Waals surface area contributed by atoms with Gasteiger partial charge in [0, 0.05) is 62.3 Å². The second-order valence-corrected chi connectivity index (χ2v) is 22.2. The fourth-order valence-corrected chi connectivity index (χ4v) is 7.19. The van der Waals surface area contributed by atoms with Gasteiger partial charge >= 0.3 is 12.2 Å². The number of H-pyrrole nitrogens is 2. The molecule has 0 aliphatic heterocycles. The highest BCUT2D eigenvalue weighted by atomic mass is 19.1. The third kappa shape index (κ3) is 10.2. The fourth-order valence-electron chi connectivity index (χ4n) is 7.19. The van der Waals surface area contributed by atoms with E-state index in [1.165, 1.54) is 21.9 Å². The second kappa shape index (κ2) is 17.6. The van der Waals surface area contributed by atoms with Gasteiger partial charge in [-0.25, -0.2) is 28.3 Å². The molecule has 4 amide bonds. The van der Waals surface area contributed by atoms with Crippen LogP contribution in [-0.4, -0.2) is 93.1 Å². The lowest BCUT2D eigenvalue weighted by Crippen LogP contribution is -2.58. The van der Waals surface area contributed by atoms with Gasteiger partial charge in [-0.05, 0) is 47.9 Å². The molecule has 14 nitrogen and oxygen atoms in total. The highest BCUT2D eigenvalue weighted by molar-refractivity contribution is 5.90. The van der Waals surface area contributed by atoms with E-state index >= 15 is 8.78 Å². The zero-order valence-corrected chi connectivity index (χ0v) is 41.8. The number of hydrogen-bond acceptors (Lipinski definition) is 8. The van der Waals surface area contributed by atoms with E-state index < -0.39 is 80.6 Å². The molecular weight excluding hydrogens is 847 g/mol. The van der Waals surface area contributed by atoms with Crippen LogP contribution in [0, 0.1) is 33.3 Å². The van der Waals surface area contributed by atoms with Crippen LogP contribution in [0.5, 0.6) is 0 Å². The van der Waals surface area contributed by atoms with Crippen LogP contribution in [0.2, 0.25) is 0 Å². The maximum Gasteiger partial charge on any atom is 0.410 e. The molecule has 0 radical (unpaired) electrons. The Labute approximate surface area is 387 Å². The van der Waals surface area contributed by atoms with Crippen molar-refractivity contribution in [3.8, 4) is 22.3 Å². The summed E-state index contributed by atoms with van der Waals surface area (Å²) in [6, 6.07) is 11.4. The molecule has 0 fully saturated rings. The Morgan fingerprint density at radius 1 is 0.545 bits per heavy atom. The summed E-state index contributed by atoms with van der Waals surface area (Å²) in [6.45, 7) is 25.7. The summed E-state index contributed by atoms with van der Waals surface area (Å²) in [5.74, 6) is -1.27. The molecule has 0 spiro atoms. The normalized spacial score (nSPS) is 15.3. The van der Waals surface area contributed by atoms with E-state index in [-0.39, 0.29) is 11.1 Å². The first-order chi connectivity index (χ1) is 30.1. The van der Waals surface area contributed by atoms with Gasteiger partial charge in [0.2, 0.25) is 0 Å². The number of benzene rings is 3. The zero-order chi connectivity index (χ0) is 49.9. The number of hydrogen-bond donors (Lipinski definition) is 4. The number of nitrogens with zero attached hydrogens (tertiary/aromatic N) is 4. The number of ether oxygens (including phenoxy) is 2. The number of aromatic amines is 2. The summed E-state index contributed by atoms with van der Waals surface area (Å²) in [5, 5.41) is 6.14. The zero-order valence-electron chi connectivity index (χ0n) is 41.8. The number of rotatable bonds is 10. The minimum Gasteiger partial charge on any atom is -0.432 e. The number of carbonyl (C=O) groups is 4. The van der Waals surface area contributed by atoms with Crippen LogP contribution in [0.1, 0.15) is 121 Å². The maximum absolute atomic E-state index is 15.9. The summed E-state index contributed by atoms with van der Waals surface area (Å²) in [5.41, 5.74) is -2.51. The minimum atomic E-state index is -1.55. The molecule has 0 saturated heterocycles. The number of imidazole rings is 2. The molecule has 5 aromatic rings. The van der Waals surface area contributed by atoms with E-state index in [9.17, 15) is 19.2 Å². The summed E-state index contributed by atoms with van der Waals surface area (Å²) < 4.78 is 43.5. The smallest absolute Gasteiger partial charge is 0.410 e. The number of halogens is 2. The van der Waals surface area contributed by atoms with Crippen molar-refractivity contribution in [3.63, 3.8) is 0 Å². The first kappa shape index (κ1) is 50.9. The van der Waals surface area contributed by atoms with E-state index in [0.29, 0.717) is 44.8 Å². The third-order valence-electron chi connectivity index (χ3n) is 12.6. The van der Waals surface area contributed by atoms with Crippen molar-refractivity contribution in [2.24, 2.45) is 21.7 Å². The van der Waals surface area contributed by atoms with Crippen LogP contribution >= 0.6 is 0 Å². The van der Waals surface area contributed by atoms with Crippen molar-refractivity contribution < 1.29 is 37.4 Å². The summed E-state index contributed by atoms with van der Waals surface area (Å²) in [6.07, 6.45) is -1.32. The molecule has 4 atom stereocenters. The van der Waals surface area contributed by atoms with E-state index in [1.54, 1.807) is 78.4 Å². The van der Waals surface area contributed by atoms with Crippen molar-refractivity contribution in [3.05, 3.63) is 71.8 Å². The fraction of sp³-hybridized carbons (Fsp3) is 0.520. The van der Waals surface area contributed by atoms with E-state index in [2.05, 4.69) is 20.6 Å². The molecule has 0 aliphatic carbocycles. The van der Waals surface area contributed by atoms with Crippen LogP contribution < -0.4 is 10.6 Å². The molecule has 2 aromatic heterocycles. The number of amides is 4. The Bertz CT molecular complexity index is 2460. The lowest BCUT2D eigenvalue weighted by Gasteiger charge is -2.42. The second-order valence-electron chi connectivity index (χ2n) is 22.2. The number of nitrogens with one attached hydrogen (secondary N) is 4. The number of carbonyl (C=O) groups excluding carboxylic acids is 4. The largest absolute Gasteiger partial charge is 0.432 e. The Morgan fingerprint density at radius 3 is 1.11 bits per heavy atom. The Morgan fingerprint density at radius 2 is 0.848 bits per heavy atom. The Hall–Kier alpha value is -6.06. The molecule has 358 valence electrons. The van der Waals surface area contributed by atoms with Crippen molar-refractivity contribution in [1.29, 1.82) is 0 Å². The lowest BCUT2D eigenvalue weighted by atomic mass is 9.76. The Kier molecular flexibility index (Phi) is 13.6. The molecule has 16 heteroatoms. The van der Waals surface area contributed by atoms with Gasteiger partial charge in [0.15, 0.2) is 11.2 Å². The third-order valence-corrected chi connectivity index (χ3v) is 12.6. The first-order valence-electron chi connectivity index (χ1n) is 22.0. The monoisotopic (exact) mass is 915 g/mol. The van der Waals surface area contributed by atoms with Gasteiger partial charge in [0.25, 0.3) is 11.8 Å². The molecule has 0 bridgehead atoms. The molecule has 0 saturated carbocycles. The van der Waals surface area contributed by atoms with E-state index in [1.807, 2.05) is 83.1 Å². The molecule has 1 unspecified atom stereocenters. The molecule has 5 rings (SSSR count). The topological polar surface area (TPSA) is 175 Å². The highest BCUT2D eigenvalue weighted by Crippen LogP contribution is 2.41. The summed E-state index contributed by atoms with van der Waals surface area (Å²) in [4.78, 5) is 72.1. The van der Waals surface area contributed by atoms with Gasteiger partial charge in [-0.1, -0.05) is 107 Å². The average Bonchev–Trinajstić information content (AvgIpc) is 3.78. The standard InChI is InChI=1S/C50H68F2N8O6/c1-45(2,3)37(57-41(61)49(13,47(7,8)9)65-43(63)59(15)16)39-53-33-23-29(31(51)25-35(33)55-39)27-19-21-28(22-20-27)30-24-34-36(26-32(30)52)56-40(54-34)38(46(4,5)6)58-42(62)50(14,48(10,11)12)66-44(64)60(17)18/h19-26,37-38H,1-18H3,(H,53,55)(H,54,56)(H,57,61)(H,58,62)/t37-,38-,49+,50?/m1/s1. The molecule has 2 heterocycles. The molecule has 4 N–H and O–H groups in total. The van der Waals surface area contributed by atoms with Crippen molar-refractivity contribution in [2.75, 3.05) is 28.2 Å². The van der Waals surface area contributed by atoms with Gasteiger partial charge in [0.05, 0.1) is 34.2 Å². The SMILES string of the molecule is CN(C)C(=O)OC(C)(C(=O)N[C@H](c1nc2cc(-c3ccc(-c4cc5nc([C@@H](NC(=O)[C@](C)(OC(=O)N(C)C)C(C)(C)C)C(C)(C)C)[nH]c5cc4F)cc3)c(F)cc2[nH]1)C(C)(C)C)C(C)(C)C. The van der Waals surface area contributed by atoms with Crippen LogP contribution in [0.4, 0.5) is 18.4 Å². The van der Waals surface area contributed by atoms with Crippen LogP contribution in [0.3, 0.4) is 0 Å². The van der Waals surface area contributed by atoms with Crippen molar-refractivity contribution >= 4 is 46.1 Å². The molecular formula is C50H68F2N8O6. The van der Waals surface area contributed by atoms with Crippen molar-refractivity contribution in [1.82, 2.24) is 40.4 Å².